The molecule has 1 saturated heterocycles. The number of hydrogen-bond acceptors (Lipinski definition) is 2. The first-order valence-corrected chi connectivity index (χ1v) is 5.96. The fraction of sp³-hybridized carbons (Fsp3) is 0.500. The maximum atomic E-state index is 9.09. The molecular formula is C14H18N2. The van der Waals surface area contributed by atoms with Gasteiger partial charge in [0.25, 0.3) is 0 Å². The zero-order valence-electron chi connectivity index (χ0n) is 9.98. The van der Waals surface area contributed by atoms with E-state index in [0.717, 1.165) is 30.3 Å². The van der Waals surface area contributed by atoms with E-state index < -0.39 is 0 Å². The van der Waals surface area contributed by atoms with Crippen LogP contribution in [0.1, 0.15) is 25.8 Å². The van der Waals surface area contributed by atoms with E-state index in [4.69, 9.17) is 5.26 Å². The number of piperidine rings is 1. The van der Waals surface area contributed by atoms with Crippen LogP contribution in [0.2, 0.25) is 0 Å². The third-order valence-electron chi connectivity index (χ3n) is 3.70. The monoisotopic (exact) mass is 214 g/mol. The summed E-state index contributed by atoms with van der Waals surface area (Å²) in [6.07, 6.45) is 1.22. The van der Waals surface area contributed by atoms with Crippen molar-refractivity contribution in [2.24, 2.45) is 11.8 Å². The number of anilines is 1. The summed E-state index contributed by atoms with van der Waals surface area (Å²) in [4.78, 5) is 2.35. The van der Waals surface area contributed by atoms with E-state index in [-0.39, 0.29) is 0 Å². The summed E-state index contributed by atoms with van der Waals surface area (Å²) in [5, 5.41) is 9.09. The van der Waals surface area contributed by atoms with E-state index in [1.807, 2.05) is 18.2 Å². The summed E-state index contributed by atoms with van der Waals surface area (Å²) in [5.41, 5.74) is 1.90. The molecule has 0 N–H and O–H groups in total. The Balaban J connectivity index is 2.22. The predicted molar refractivity (Wildman–Crippen MR) is 66.3 cm³/mol. The standard InChI is InChI=1S/C14H18N2/c1-11-7-8-16(10-12(11)2)14-6-4-3-5-13(14)9-15/h3-6,11-12H,7-8,10H2,1-2H3. The lowest BCUT2D eigenvalue weighted by atomic mass is 9.88. The highest BCUT2D eigenvalue weighted by Crippen LogP contribution is 2.28. The molecule has 84 valence electrons. The lowest BCUT2D eigenvalue weighted by Gasteiger charge is -2.37. The number of hydrogen-bond donors (Lipinski definition) is 0. The zero-order valence-corrected chi connectivity index (χ0v) is 9.98. The van der Waals surface area contributed by atoms with Crippen LogP contribution in [0.15, 0.2) is 24.3 Å². The van der Waals surface area contributed by atoms with Crippen molar-refractivity contribution in [3.8, 4) is 6.07 Å². The average molecular weight is 214 g/mol. The third-order valence-corrected chi connectivity index (χ3v) is 3.70. The molecule has 0 aromatic heterocycles. The highest BCUT2D eigenvalue weighted by atomic mass is 15.1. The van der Waals surface area contributed by atoms with Crippen LogP contribution in [0.5, 0.6) is 0 Å². The lowest BCUT2D eigenvalue weighted by Crippen LogP contribution is -2.38. The topological polar surface area (TPSA) is 27.0 Å². The summed E-state index contributed by atoms with van der Waals surface area (Å²) in [6.45, 7) is 6.76. The minimum absolute atomic E-state index is 0.709. The highest BCUT2D eigenvalue weighted by Gasteiger charge is 2.23. The third kappa shape index (κ3) is 2.04. The minimum atomic E-state index is 0.709. The van der Waals surface area contributed by atoms with Crippen LogP contribution in [0.25, 0.3) is 0 Å². The van der Waals surface area contributed by atoms with E-state index in [9.17, 15) is 0 Å². The van der Waals surface area contributed by atoms with Crippen LogP contribution in [0.4, 0.5) is 5.69 Å². The van der Waals surface area contributed by atoms with Gasteiger partial charge in [-0.25, -0.2) is 0 Å². The number of benzene rings is 1. The van der Waals surface area contributed by atoms with E-state index in [0.29, 0.717) is 5.92 Å². The van der Waals surface area contributed by atoms with Crippen molar-refractivity contribution in [2.45, 2.75) is 20.3 Å². The van der Waals surface area contributed by atoms with Crippen LogP contribution in [-0.2, 0) is 0 Å². The van der Waals surface area contributed by atoms with Crippen molar-refractivity contribution >= 4 is 5.69 Å². The normalized spacial score (nSPS) is 25.2. The van der Waals surface area contributed by atoms with Gasteiger partial charge >= 0.3 is 0 Å². The lowest BCUT2D eigenvalue weighted by molar-refractivity contribution is 0.324. The van der Waals surface area contributed by atoms with Crippen LogP contribution in [-0.4, -0.2) is 13.1 Å². The molecule has 2 atom stereocenters. The molecule has 1 heterocycles. The summed E-state index contributed by atoms with van der Waals surface area (Å²) < 4.78 is 0. The molecule has 0 aliphatic carbocycles. The second-order valence-corrected chi connectivity index (χ2v) is 4.82. The molecule has 1 aromatic rings. The second-order valence-electron chi connectivity index (χ2n) is 4.82. The Bertz CT molecular complexity index is 405. The van der Waals surface area contributed by atoms with Crippen molar-refractivity contribution in [3.05, 3.63) is 29.8 Å². The Kier molecular flexibility index (Phi) is 3.14. The first-order valence-electron chi connectivity index (χ1n) is 5.96. The molecule has 1 aliphatic rings. The van der Waals surface area contributed by atoms with Crippen molar-refractivity contribution in [1.29, 1.82) is 5.26 Å². The molecule has 1 aromatic carbocycles. The van der Waals surface area contributed by atoms with Gasteiger partial charge in [0.2, 0.25) is 0 Å². The maximum Gasteiger partial charge on any atom is 0.101 e. The fourth-order valence-corrected chi connectivity index (χ4v) is 2.33. The zero-order chi connectivity index (χ0) is 11.5. The van der Waals surface area contributed by atoms with Crippen LogP contribution in [0.3, 0.4) is 0 Å². The van der Waals surface area contributed by atoms with Gasteiger partial charge in [-0.05, 0) is 30.4 Å². The summed E-state index contributed by atoms with van der Waals surface area (Å²) in [5.74, 6) is 1.51. The SMILES string of the molecule is CC1CCN(c2ccccc2C#N)CC1C. The van der Waals surface area contributed by atoms with Crippen molar-refractivity contribution in [1.82, 2.24) is 0 Å². The van der Waals surface area contributed by atoms with E-state index in [1.54, 1.807) is 0 Å². The first-order chi connectivity index (χ1) is 7.72. The molecule has 2 heteroatoms. The molecule has 0 bridgehead atoms. The van der Waals surface area contributed by atoms with Crippen molar-refractivity contribution in [2.75, 3.05) is 18.0 Å². The smallest absolute Gasteiger partial charge is 0.101 e. The molecule has 16 heavy (non-hydrogen) atoms. The van der Waals surface area contributed by atoms with Crippen molar-refractivity contribution < 1.29 is 0 Å². The second kappa shape index (κ2) is 4.57. The van der Waals surface area contributed by atoms with Gasteiger partial charge in [0, 0.05) is 13.1 Å². The fourth-order valence-electron chi connectivity index (χ4n) is 2.33. The maximum absolute atomic E-state index is 9.09. The van der Waals surface area contributed by atoms with Gasteiger partial charge in [-0.3, -0.25) is 0 Å². The van der Waals surface area contributed by atoms with Crippen LogP contribution in [0, 0.1) is 23.2 Å². The number of rotatable bonds is 1. The Labute approximate surface area is 97.5 Å². The van der Waals surface area contributed by atoms with Gasteiger partial charge < -0.3 is 4.90 Å². The van der Waals surface area contributed by atoms with Gasteiger partial charge in [-0.2, -0.15) is 5.26 Å². The Morgan fingerprint density at radius 1 is 1.25 bits per heavy atom. The molecule has 0 radical (unpaired) electrons. The van der Waals surface area contributed by atoms with E-state index >= 15 is 0 Å². The predicted octanol–water partition coefficient (Wildman–Crippen LogP) is 3.04. The van der Waals surface area contributed by atoms with Crippen LogP contribution < -0.4 is 4.90 Å². The minimum Gasteiger partial charge on any atom is -0.370 e. The molecule has 2 nitrogen and oxygen atoms in total. The van der Waals surface area contributed by atoms with E-state index in [1.165, 1.54) is 6.42 Å². The number of nitriles is 1. The Morgan fingerprint density at radius 3 is 2.69 bits per heavy atom. The molecule has 0 amide bonds. The highest BCUT2D eigenvalue weighted by molar-refractivity contribution is 5.59. The molecule has 1 fully saturated rings. The number of nitrogens with zero attached hydrogens (tertiary/aromatic N) is 2. The molecule has 1 aliphatic heterocycles. The van der Waals surface area contributed by atoms with Crippen molar-refractivity contribution in [3.63, 3.8) is 0 Å². The van der Waals surface area contributed by atoms with Crippen LogP contribution >= 0.6 is 0 Å². The molecule has 0 spiro atoms. The molecule has 0 saturated carbocycles. The average Bonchev–Trinajstić information content (AvgIpc) is 2.32. The largest absolute Gasteiger partial charge is 0.370 e. The van der Waals surface area contributed by atoms with E-state index in [2.05, 4.69) is 30.9 Å². The molecule has 2 rings (SSSR count). The molecular weight excluding hydrogens is 196 g/mol. The Morgan fingerprint density at radius 2 is 2.00 bits per heavy atom. The van der Waals surface area contributed by atoms with Gasteiger partial charge in [0.05, 0.1) is 11.3 Å². The van der Waals surface area contributed by atoms with Gasteiger partial charge in [-0.15, -0.1) is 0 Å². The first kappa shape index (κ1) is 11.0. The van der Waals surface area contributed by atoms with Gasteiger partial charge in [-0.1, -0.05) is 26.0 Å². The quantitative estimate of drug-likeness (QED) is 0.718. The number of para-hydroxylation sites is 1. The summed E-state index contributed by atoms with van der Waals surface area (Å²) in [6, 6.07) is 10.2. The van der Waals surface area contributed by atoms with Gasteiger partial charge in [0.1, 0.15) is 6.07 Å². The van der Waals surface area contributed by atoms with Gasteiger partial charge in [0.15, 0.2) is 0 Å². The Hall–Kier alpha value is -1.49. The molecule has 2 unspecified atom stereocenters. The summed E-state index contributed by atoms with van der Waals surface area (Å²) in [7, 11) is 0. The summed E-state index contributed by atoms with van der Waals surface area (Å²) >= 11 is 0.